The highest BCUT2D eigenvalue weighted by atomic mass is 16.6. The van der Waals surface area contributed by atoms with E-state index in [-0.39, 0.29) is 11.6 Å². The van der Waals surface area contributed by atoms with Gasteiger partial charge >= 0.3 is 6.09 Å². The van der Waals surface area contributed by atoms with E-state index in [9.17, 15) is 9.59 Å². The lowest BCUT2D eigenvalue weighted by Crippen LogP contribution is -2.49. The average Bonchev–Trinajstić information content (AvgIpc) is 3.20. The van der Waals surface area contributed by atoms with Gasteiger partial charge in [0.2, 0.25) is 0 Å². The first-order valence-corrected chi connectivity index (χ1v) is 11.7. The topological polar surface area (TPSA) is 101 Å². The Labute approximate surface area is 200 Å². The number of amides is 1. The highest BCUT2D eigenvalue weighted by Gasteiger charge is 2.29. The van der Waals surface area contributed by atoms with E-state index in [1.54, 1.807) is 24.0 Å². The van der Waals surface area contributed by atoms with Crippen molar-refractivity contribution in [2.45, 2.75) is 59.1 Å². The molecule has 9 heteroatoms. The first-order valence-electron chi connectivity index (χ1n) is 11.7. The van der Waals surface area contributed by atoms with Crippen LogP contribution in [-0.2, 0) is 4.74 Å². The molecule has 3 aromatic rings. The van der Waals surface area contributed by atoms with Crippen LogP contribution in [0.3, 0.4) is 0 Å². The van der Waals surface area contributed by atoms with Gasteiger partial charge in [0, 0.05) is 37.1 Å². The fraction of sp³-hybridized carbons (Fsp3) is 0.480. The average molecular weight is 470 g/mol. The molecule has 1 fully saturated rings. The van der Waals surface area contributed by atoms with Crippen LogP contribution in [0.2, 0.25) is 0 Å². The Kier molecular flexibility index (Phi) is 7.86. The fourth-order valence-electron chi connectivity index (χ4n) is 4.08. The standard InChI is InChI=1S/C23H29N5O4.C2H6/c1-23(2,3)32-22(30)25-15-8-7-12-27(14-15)20-18(16-9-5-6-10-17(16)31-4)19-21(29)24-11-13-28(19)26-20;1-2/h5-6,9-11,13,15H,7-8,12,14H2,1-4H3,(H,24,29)(H,25,30);1-2H3/t15-;/m1./s1. The van der Waals surface area contributed by atoms with E-state index in [0.717, 1.165) is 24.9 Å². The van der Waals surface area contributed by atoms with Crippen LogP contribution in [0.15, 0.2) is 41.5 Å². The number of aromatic nitrogens is 3. The molecule has 9 nitrogen and oxygen atoms in total. The number of methoxy groups -OCH3 is 1. The number of nitrogens with one attached hydrogen (secondary N) is 2. The number of nitrogens with zero attached hydrogens (tertiary/aromatic N) is 3. The molecule has 0 unspecified atom stereocenters. The molecule has 1 aromatic carbocycles. The van der Waals surface area contributed by atoms with Crippen molar-refractivity contribution < 1.29 is 14.3 Å². The molecule has 184 valence electrons. The van der Waals surface area contributed by atoms with Gasteiger partial charge in [0.1, 0.15) is 16.9 Å². The number of benzene rings is 1. The zero-order valence-electron chi connectivity index (χ0n) is 20.8. The molecule has 2 aromatic heterocycles. The number of piperidine rings is 1. The lowest BCUT2D eigenvalue weighted by Gasteiger charge is -2.34. The predicted octanol–water partition coefficient (Wildman–Crippen LogP) is 4.22. The van der Waals surface area contributed by atoms with Gasteiger partial charge < -0.3 is 24.7 Å². The Hall–Kier alpha value is -3.49. The van der Waals surface area contributed by atoms with Crippen molar-refractivity contribution in [3.8, 4) is 16.9 Å². The fourth-order valence-corrected chi connectivity index (χ4v) is 4.08. The maximum absolute atomic E-state index is 12.8. The lowest BCUT2D eigenvalue weighted by molar-refractivity contribution is 0.0500. The van der Waals surface area contributed by atoms with Crippen LogP contribution < -0.4 is 20.5 Å². The van der Waals surface area contributed by atoms with Crippen LogP contribution in [0.4, 0.5) is 10.6 Å². The van der Waals surface area contributed by atoms with Crippen molar-refractivity contribution in [2.24, 2.45) is 0 Å². The minimum Gasteiger partial charge on any atom is -0.496 e. The SMILES string of the molecule is CC.COc1ccccc1-c1c(N2CCC[C@@H](NC(=O)OC(C)(C)C)C2)nn2cc[nH]c(=O)c12. The molecule has 0 saturated carbocycles. The Morgan fingerprint density at radius 2 is 1.97 bits per heavy atom. The van der Waals surface area contributed by atoms with Gasteiger partial charge in [-0.1, -0.05) is 32.0 Å². The molecule has 4 rings (SSSR count). The van der Waals surface area contributed by atoms with E-state index in [2.05, 4.69) is 15.2 Å². The van der Waals surface area contributed by atoms with Crippen LogP contribution >= 0.6 is 0 Å². The quantitative estimate of drug-likeness (QED) is 0.593. The normalized spacial score (nSPS) is 15.9. The number of rotatable bonds is 4. The molecular formula is C25H35N5O4. The highest BCUT2D eigenvalue weighted by Crippen LogP contribution is 2.39. The number of hydrogen-bond donors (Lipinski definition) is 2. The third-order valence-electron chi connectivity index (χ3n) is 5.36. The molecule has 1 saturated heterocycles. The van der Waals surface area contributed by atoms with Crippen LogP contribution in [-0.4, -0.2) is 52.5 Å². The van der Waals surface area contributed by atoms with Crippen LogP contribution in [0.5, 0.6) is 5.75 Å². The molecule has 0 bridgehead atoms. The van der Waals surface area contributed by atoms with Crippen molar-refractivity contribution in [1.29, 1.82) is 0 Å². The van der Waals surface area contributed by atoms with Gasteiger partial charge in [-0.25, -0.2) is 9.31 Å². The number of anilines is 1. The smallest absolute Gasteiger partial charge is 0.407 e. The minimum atomic E-state index is -0.557. The number of carbonyl (C=O) groups excluding carboxylic acids is 1. The Morgan fingerprint density at radius 3 is 2.68 bits per heavy atom. The maximum atomic E-state index is 12.8. The Morgan fingerprint density at radius 1 is 1.24 bits per heavy atom. The number of alkyl carbamates (subject to hydrolysis) is 1. The highest BCUT2D eigenvalue weighted by molar-refractivity contribution is 5.92. The third kappa shape index (κ3) is 5.52. The number of carbonyl (C=O) groups is 1. The van der Waals surface area contributed by atoms with Gasteiger partial charge in [-0.2, -0.15) is 0 Å². The molecule has 1 aliphatic heterocycles. The Balaban J connectivity index is 0.00000158. The van der Waals surface area contributed by atoms with E-state index in [0.29, 0.717) is 29.2 Å². The monoisotopic (exact) mass is 469 g/mol. The van der Waals surface area contributed by atoms with Gasteiger partial charge in [0.05, 0.1) is 12.7 Å². The van der Waals surface area contributed by atoms with Gasteiger partial charge in [-0.15, -0.1) is 5.10 Å². The third-order valence-corrected chi connectivity index (χ3v) is 5.36. The van der Waals surface area contributed by atoms with Gasteiger partial charge in [0.25, 0.3) is 5.56 Å². The largest absolute Gasteiger partial charge is 0.496 e. The summed E-state index contributed by atoms with van der Waals surface area (Å²) in [5.41, 5.74) is 1.17. The summed E-state index contributed by atoms with van der Waals surface area (Å²) in [5.74, 6) is 1.34. The lowest BCUT2D eigenvalue weighted by atomic mass is 10.0. The van der Waals surface area contributed by atoms with Gasteiger partial charge in [-0.05, 0) is 39.7 Å². The van der Waals surface area contributed by atoms with Gasteiger partial charge in [-0.3, -0.25) is 4.79 Å². The van der Waals surface area contributed by atoms with E-state index in [1.807, 2.05) is 58.9 Å². The second-order valence-electron chi connectivity index (χ2n) is 8.91. The van der Waals surface area contributed by atoms with Crippen molar-refractivity contribution in [2.75, 3.05) is 25.1 Å². The number of aromatic amines is 1. The van der Waals surface area contributed by atoms with E-state index in [4.69, 9.17) is 14.6 Å². The summed E-state index contributed by atoms with van der Waals surface area (Å²) in [6.07, 6.45) is 4.57. The number of hydrogen-bond acceptors (Lipinski definition) is 6. The van der Waals surface area contributed by atoms with Crippen molar-refractivity contribution in [3.05, 3.63) is 47.0 Å². The van der Waals surface area contributed by atoms with E-state index in [1.165, 1.54) is 0 Å². The summed E-state index contributed by atoms with van der Waals surface area (Å²) in [6, 6.07) is 7.49. The molecule has 3 heterocycles. The van der Waals surface area contributed by atoms with Crippen molar-refractivity contribution in [3.63, 3.8) is 0 Å². The first-order chi connectivity index (χ1) is 16.3. The summed E-state index contributed by atoms with van der Waals surface area (Å²) in [5, 5.41) is 7.72. The maximum Gasteiger partial charge on any atom is 0.407 e. The molecular weight excluding hydrogens is 434 g/mol. The summed E-state index contributed by atoms with van der Waals surface area (Å²) >= 11 is 0. The molecule has 34 heavy (non-hydrogen) atoms. The summed E-state index contributed by atoms with van der Waals surface area (Å²) in [4.78, 5) is 29.9. The zero-order valence-corrected chi connectivity index (χ0v) is 20.8. The van der Waals surface area contributed by atoms with Crippen LogP contribution in [0, 0.1) is 0 Å². The molecule has 1 aliphatic rings. The molecule has 0 radical (unpaired) electrons. The second kappa shape index (κ2) is 10.6. The first kappa shape index (κ1) is 25.1. The summed E-state index contributed by atoms with van der Waals surface area (Å²) in [6.45, 7) is 10.8. The number of H-pyrrole nitrogens is 1. The van der Waals surface area contributed by atoms with Crippen molar-refractivity contribution >= 4 is 17.4 Å². The second-order valence-corrected chi connectivity index (χ2v) is 8.91. The summed E-state index contributed by atoms with van der Waals surface area (Å²) < 4.78 is 12.6. The van der Waals surface area contributed by atoms with E-state index >= 15 is 0 Å². The zero-order chi connectivity index (χ0) is 24.9. The van der Waals surface area contributed by atoms with Crippen molar-refractivity contribution in [1.82, 2.24) is 19.9 Å². The Bertz CT molecular complexity index is 1180. The van der Waals surface area contributed by atoms with Gasteiger partial charge in [0.15, 0.2) is 5.82 Å². The number of para-hydroxylation sites is 1. The molecule has 1 atom stereocenters. The molecule has 1 amide bonds. The molecule has 0 spiro atoms. The summed E-state index contributed by atoms with van der Waals surface area (Å²) in [7, 11) is 1.61. The number of ether oxygens (including phenoxy) is 2. The molecule has 2 N–H and O–H groups in total. The van der Waals surface area contributed by atoms with Crippen LogP contribution in [0.1, 0.15) is 47.5 Å². The predicted molar refractivity (Wildman–Crippen MR) is 134 cm³/mol. The van der Waals surface area contributed by atoms with Crippen LogP contribution in [0.25, 0.3) is 16.6 Å². The minimum absolute atomic E-state index is 0.0905. The van der Waals surface area contributed by atoms with E-state index < -0.39 is 11.7 Å². The molecule has 0 aliphatic carbocycles. The number of fused-ring (bicyclic) bond motifs is 1.